The molecule has 11 heavy (non-hydrogen) atoms. The number of aliphatic hydroxyl groups is 1. The van der Waals surface area contributed by atoms with E-state index in [0.29, 0.717) is 12.3 Å². The van der Waals surface area contributed by atoms with Crippen molar-refractivity contribution in [1.29, 1.82) is 0 Å². The van der Waals surface area contributed by atoms with E-state index in [1.165, 1.54) is 7.11 Å². The second-order valence-corrected chi connectivity index (χ2v) is 2.41. The van der Waals surface area contributed by atoms with E-state index in [1.807, 2.05) is 0 Å². The molecule has 0 aromatic carbocycles. The molecule has 0 heterocycles. The van der Waals surface area contributed by atoms with E-state index >= 15 is 0 Å². The molecule has 0 spiro atoms. The van der Waals surface area contributed by atoms with Crippen LogP contribution >= 0.6 is 12.6 Å². The minimum absolute atomic E-state index is 0.216. The number of ether oxygens (including phenoxy) is 1. The van der Waals surface area contributed by atoms with Gasteiger partial charge in [0.05, 0.1) is 7.11 Å². The van der Waals surface area contributed by atoms with E-state index in [0.717, 1.165) is 0 Å². The standard InChI is InChI=1S/C6H13NO3S/c1-10-6(9)5(8)4-7-2-3-11/h5,7-8,11H,2-4H2,1H3. The van der Waals surface area contributed by atoms with Crippen molar-refractivity contribution in [2.24, 2.45) is 0 Å². The van der Waals surface area contributed by atoms with Crippen LogP contribution in [0.4, 0.5) is 0 Å². The Morgan fingerprint density at radius 1 is 1.82 bits per heavy atom. The number of carbonyl (C=O) groups excluding carboxylic acids is 1. The van der Waals surface area contributed by atoms with Crippen LogP contribution in [0.15, 0.2) is 0 Å². The number of hydrogen-bond donors (Lipinski definition) is 3. The van der Waals surface area contributed by atoms with Gasteiger partial charge in [-0.15, -0.1) is 0 Å². The number of esters is 1. The fraction of sp³-hybridized carbons (Fsp3) is 0.833. The number of rotatable bonds is 5. The molecular weight excluding hydrogens is 166 g/mol. The molecule has 0 fully saturated rings. The fourth-order valence-electron chi connectivity index (χ4n) is 0.537. The molecule has 66 valence electrons. The van der Waals surface area contributed by atoms with Crippen molar-refractivity contribution in [3.8, 4) is 0 Å². The largest absolute Gasteiger partial charge is 0.467 e. The summed E-state index contributed by atoms with van der Waals surface area (Å²) in [5.41, 5.74) is 0. The van der Waals surface area contributed by atoms with E-state index in [-0.39, 0.29) is 6.54 Å². The summed E-state index contributed by atoms with van der Waals surface area (Å²) >= 11 is 3.94. The van der Waals surface area contributed by atoms with Crippen molar-refractivity contribution in [1.82, 2.24) is 5.32 Å². The van der Waals surface area contributed by atoms with Gasteiger partial charge in [0.2, 0.25) is 0 Å². The zero-order chi connectivity index (χ0) is 8.69. The smallest absolute Gasteiger partial charge is 0.336 e. The second-order valence-electron chi connectivity index (χ2n) is 1.97. The highest BCUT2D eigenvalue weighted by Gasteiger charge is 2.13. The van der Waals surface area contributed by atoms with Crippen molar-refractivity contribution in [3.63, 3.8) is 0 Å². The summed E-state index contributed by atoms with van der Waals surface area (Å²) in [5.74, 6) is 0.0603. The average Bonchev–Trinajstić information content (AvgIpc) is 2.03. The Morgan fingerprint density at radius 2 is 2.45 bits per heavy atom. The zero-order valence-corrected chi connectivity index (χ0v) is 7.30. The van der Waals surface area contributed by atoms with E-state index in [1.54, 1.807) is 0 Å². The van der Waals surface area contributed by atoms with Gasteiger partial charge in [-0.25, -0.2) is 4.79 Å². The molecule has 1 unspecified atom stereocenters. The van der Waals surface area contributed by atoms with Crippen molar-refractivity contribution in [2.45, 2.75) is 6.10 Å². The molecule has 0 rings (SSSR count). The Morgan fingerprint density at radius 3 is 2.91 bits per heavy atom. The van der Waals surface area contributed by atoms with E-state index in [9.17, 15) is 4.79 Å². The lowest BCUT2D eigenvalue weighted by molar-refractivity contribution is -0.150. The predicted molar refractivity (Wildman–Crippen MR) is 44.7 cm³/mol. The number of hydrogen-bond acceptors (Lipinski definition) is 5. The molecule has 1 atom stereocenters. The summed E-state index contributed by atoms with van der Waals surface area (Å²) in [6.07, 6.45) is -1.07. The maximum Gasteiger partial charge on any atom is 0.336 e. The van der Waals surface area contributed by atoms with Gasteiger partial charge in [0.15, 0.2) is 6.10 Å². The van der Waals surface area contributed by atoms with Crippen LogP contribution in [0.1, 0.15) is 0 Å². The summed E-state index contributed by atoms with van der Waals surface area (Å²) < 4.78 is 4.29. The van der Waals surface area contributed by atoms with Crippen LogP contribution in [0.5, 0.6) is 0 Å². The normalized spacial score (nSPS) is 12.6. The summed E-state index contributed by atoms with van der Waals surface area (Å²) in [6.45, 7) is 0.879. The van der Waals surface area contributed by atoms with Crippen LogP contribution in [0.2, 0.25) is 0 Å². The minimum atomic E-state index is -1.07. The maximum absolute atomic E-state index is 10.6. The zero-order valence-electron chi connectivity index (χ0n) is 6.41. The van der Waals surface area contributed by atoms with Gasteiger partial charge in [0, 0.05) is 18.8 Å². The lowest BCUT2D eigenvalue weighted by Gasteiger charge is -2.07. The molecule has 0 aliphatic rings. The molecule has 2 N–H and O–H groups in total. The van der Waals surface area contributed by atoms with Crippen LogP contribution < -0.4 is 5.32 Å². The van der Waals surface area contributed by atoms with Crippen molar-refractivity contribution in [3.05, 3.63) is 0 Å². The first-order chi connectivity index (χ1) is 5.22. The van der Waals surface area contributed by atoms with Gasteiger partial charge < -0.3 is 15.2 Å². The van der Waals surface area contributed by atoms with Crippen LogP contribution in [-0.2, 0) is 9.53 Å². The molecule has 0 bridgehead atoms. The molecule has 0 amide bonds. The Kier molecular flexibility index (Phi) is 6.30. The number of carbonyl (C=O) groups is 1. The maximum atomic E-state index is 10.6. The van der Waals surface area contributed by atoms with Crippen LogP contribution in [0, 0.1) is 0 Å². The summed E-state index contributed by atoms with van der Waals surface area (Å²) in [6, 6.07) is 0. The highest BCUT2D eigenvalue weighted by molar-refractivity contribution is 7.80. The van der Waals surface area contributed by atoms with Crippen molar-refractivity contribution in [2.75, 3.05) is 26.0 Å². The number of thiol groups is 1. The topological polar surface area (TPSA) is 58.6 Å². The molecule has 0 aliphatic carbocycles. The summed E-state index contributed by atoms with van der Waals surface area (Å²) in [7, 11) is 1.24. The third-order valence-electron chi connectivity index (χ3n) is 1.10. The molecule has 4 nitrogen and oxygen atoms in total. The quantitative estimate of drug-likeness (QED) is 0.289. The van der Waals surface area contributed by atoms with Gasteiger partial charge in [0.1, 0.15) is 0 Å². The lowest BCUT2D eigenvalue weighted by Crippen LogP contribution is -2.34. The molecular formula is C6H13NO3S. The minimum Gasteiger partial charge on any atom is -0.467 e. The highest BCUT2D eigenvalue weighted by atomic mass is 32.1. The number of methoxy groups -OCH3 is 1. The second kappa shape index (κ2) is 6.45. The van der Waals surface area contributed by atoms with Gasteiger partial charge in [-0.1, -0.05) is 0 Å². The first kappa shape index (κ1) is 10.7. The van der Waals surface area contributed by atoms with Crippen LogP contribution in [0.3, 0.4) is 0 Å². The molecule has 0 radical (unpaired) electrons. The lowest BCUT2D eigenvalue weighted by atomic mass is 10.3. The molecule has 0 saturated carbocycles. The average molecular weight is 179 g/mol. The van der Waals surface area contributed by atoms with Gasteiger partial charge >= 0.3 is 5.97 Å². The Hall–Kier alpha value is -0.260. The third-order valence-corrected chi connectivity index (χ3v) is 1.32. The molecule has 0 aliphatic heterocycles. The molecule has 0 saturated heterocycles. The number of aliphatic hydroxyl groups excluding tert-OH is 1. The third kappa shape index (κ3) is 5.06. The first-order valence-corrected chi connectivity index (χ1v) is 3.93. The molecule has 0 aromatic heterocycles. The fourth-order valence-corrected chi connectivity index (χ4v) is 0.695. The Balaban J connectivity index is 3.36. The van der Waals surface area contributed by atoms with Crippen LogP contribution in [0.25, 0.3) is 0 Å². The Bertz CT molecular complexity index is 120. The monoisotopic (exact) mass is 179 g/mol. The van der Waals surface area contributed by atoms with Gasteiger partial charge in [0.25, 0.3) is 0 Å². The first-order valence-electron chi connectivity index (χ1n) is 3.29. The van der Waals surface area contributed by atoms with Gasteiger partial charge in [-0.2, -0.15) is 12.6 Å². The van der Waals surface area contributed by atoms with Crippen molar-refractivity contribution < 1.29 is 14.6 Å². The van der Waals surface area contributed by atoms with Crippen LogP contribution in [-0.4, -0.2) is 43.1 Å². The van der Waals surface area contributed by atoms with Gasteiger partial charge in [-0.05, 0) is 0 Å². The van der Waals surface area contributed by atoms with E-state index < -0.39 is 12.1 Å². The van der Waals surface area contributed by atoms with E-state index in [4.69, 9.17) is 5.11 Å². The van der Waals surface area contributed by atoms with Gasteiger partial charge in [-0.3, -0.25) is 0 Å². The highest BCUT2D eigenvalue weighted by Crippen LogP contribution is 1.84. The SMILES string of the molecule is COC(=O)C(O)CNCCS. The summed E-state index contributed by atoms with van der Waals surface area (Å²) in [5, 5.41) is 11.8. The molecule has 0 aromatic rings. The molecule has 5 heteroatoms. The predicted octanol–water partition coefficient (Wildman–Crippen LogP) is -0.960. The summed E-state index contributed by atoms with van der Waals surface area (Å²) in [4.78, 5) is 10.6. The number of nitrogens with one attached hydrogen (secondary N) is 1. The van der Waals surface area contributed by atoms with E-state index in [2.05, 4.69) is 22.7 Å². The Labute approximate surface area is 71.3 Å². The van der Waals surface area contributed by atoms with Crippen molar-refractivity contribution >= 4 is 18.6 Å².